The first kappa shape index (κ1) is 14.6. The molecule has 2 rings (SSSR count). The molecule has 1 saturated heterocycles. The minimum atomic E-state index is 0.119. The van der Waals surface area contributed by atoms with Crippen molar-refractivity contribution in [1.29, 1.82) is 0 Å². The third-order valence-corrected chi connectivity index (χ3v) is 4.61. The monoisotopic (exact) mass is 283 g/mol. The van der Waals surface area contributed by atoms with Gasteiger partial charge in [0.25, 0.3) is 0 Å². The first-order valence-corrected chi connectivity index (χ1v) is 6.93. The van der Waals surface area contributed by atoms with Crippen LogP contribution in [0.4, 0.5) is 0 Å². The van der Waals surface area contributed by atoms with Crippen LogP contribution in [0.25, 0.3) is 0 Å². The van der Waals surface area contributed by atoms with Gasteiger partial charge in [0.15, 0.2) is 0 Å². The number of nitrogens with one attached hydrogen (secondary N) is 2. The van der Waals surface area contributed by atoms with Crippen LogP contribution in [-0.4, -0.2) is 19.7 Å². The van der Waals surface area contributed by atoms with Gasteiger partial charge in [-0.05, 0) is 44.5 Å². The van der Waals surface area contributed by atoms with E-state index in [1.54, 1.807) is 7.11 Å². The van der Waals surface area contributed by atoms with Gasteiger partial charge >= 0.3 is 0 Å². The summed E-state index contributed by atoms with van der Waals surface area (Å²) in [5.41, 5.74) is 15.7. The van der Waals surface area contributed by atoms with Crippen LogP contribution >= 0.6 is 11.6 Å². The Morgan fingerprint density at radius 1 is 1.37 bits per heavy atom. The zero-order valence-corrected chi connectivity index (χ0v) is 12.6. The minimum absolute atomic E-state index is 0.119. The summed E-state index contributed by atoms with van der Waals surface area (Å²) in [6.45, 7) is 6.76. The van der Waals surface area contributed by atoms with Gasteiger partial charge in [-0.1, -0.05) is 11.6 Å². The summed E-state index contributed by atoms with van der Waals surface area (Å²) in [5.74, 6) is 1.18. The molecule has 106 valence electrons. The van der Waals surface area contributed by atoms with Gasteiger partial charge in [-0.25, -0.2) is 5.43 Å². The summed E-state index contributed by atoms with van der Waals surface area (Å²) >= 11 is 6.38. The number of ether oxygens (including phenoxy) is 1. The summed E-state index contributed by atoms with van der Waals surface area (Å²) in [4.78, 5) is 0. The van der Waals surface area contributed by atoms with Crippen LogP contribution < -0.4 is 21.3 Å². The summed E-state index contributed by atoms with van der Waals surface area (Å²) in [5, 5.41) is 0.799. The Labute approximate surface area is 119 Å². The number of methoxy groups -OCH3 is 1. The predicted octanol–water partition coefficient (Wildman–Crippen LogP) is 2.08. The molecule has 19 heavy (non-hydrogen) atoms. The van der Waals surface area contributed by atoms with Crippen molar-refractivity contribution in [3.8, 4) is 5.75 Å². The Kier molecular flexibility index (Phi) is 4.36. The number of hydrazine groups is 1. The van der Waals surface area contributed by atoms with Crippen LogP contribution in [-0.2, 0) is 0 Å². The Morgan fingerprint density at radius 3 is 2.63 bits per heavy atom. The first-order valence-electron chi connectivity index (χ1n) is 6.56. The molecular weight excluding hydrogens is 262 g/mol. The lowest BCUT2D eigenvalue weighted by Crippen LogP contribution is -2.30. The van der Waals surface area contributed by atoms with Crippen molar-refractivity contribution in [3.63, 3.8) is 0 Å². The van der Waals surface area contributed by atoms with Crippen molar-refractivity contribution in [2.45, 2.75) is 32.9 Å². The van der Waals surface area contributed by atoms with E-state index in [9.17, 15) is 0 Å². The van der Waals surface area contributed by atoms with Crippen molar-refractivity contribution >= 4 is 11.6 Å². The van der Waals surface area contributed by atoms with E-state index in [0.717, 1.165) is 27.5 Å². The average molecular weight is 284 g/mol. The number of hydrogen-bond donors (Lipinski definition) is 3. The highest BCUT2D eigenvalue weighted by Gasteiger charge is 2.36. The molecule has 3 unspecified atom stereocenters. The van der Waals surface area contributed by atoms with E-state index in [2.05, 4.69) is 17.8 Å². The molecule has 0 saturated carbocycles. The molecule has 3 atom stereocenters. The third-order valence-electron chi connectivity index (χ3n) is 4.03. The summed E-state index contributed by atoms with van der Waals surface area (Å²) in [6, 6.07) is 2.43. The van der Waals surface area contributed by atoms with Gasteiger partial charge in [-0.3, -0.25) is 5.43 Å². The van der Waals surface area contributed by atoms with Crippen LogP contribution in [0, 0.1) is 19.8 Å². The Hall–Kier alpha value is -0.810. The fraction of sp³-hybridized carbons (Fsp3) is 0.571. The Morgan fingerprint density at radius 2 is 2.05 bits per heavy atom. The SMILES string of the molecule is COc1cc(C)c(Cl)c(C)c1C1NNC(C)C1CN. The molecule has 0 aromatic heterocycles. The fourth-order valence-corrected chi connectivity index (χ4v) is 3.00. The summed E-state index contributed by atoms with van der Waals surface area (Å²) in [6.07, 6.45) is 0. The molecule has 4 N–H and O–H groups in total. The molecule has 1 heterocycles. The van der Waals surface area contributed by atoms with Crippen LogP contribution in [0.15, 0.2) is 6.07 Å². The molecular formula is C14H22ClN3O. The zero-order valence-electron chi connectivity index (χ0n) is 11.9. The Balaban J connectivity index is 2.52. The van der Waals surface area contributed by atoms with Gasteiger partial charge in [0, 0.05) is 22.5 Å². The quantitative estimate of drug-likeness (QED) is 0.795. The van der Waals surface area contributed by atoms with Gasteiger partial charge in [0.2, 0.25) is 0 Å². The molecule has 0 amide bonds. The maximum Gasteiger partial charge on any atom is 0.124 e. The largest absolute Gasteiger partial charge is 0.496 e. The molecule has 0 bridgehead atoms. The lowest BCUT2D eigenvalue weighted by atomic mass is 9.87. The second kappa shape index (κ2) is 5.67. The van der Waals surface area contributed by atoms with E-state index < -0.39 is 0 Å². The number of nitrogens with two attached hydrogens (primary N) is 1. The predicted molar refractivity (Wildman–Crippen MR) is 78.5 cm³/mol. The van der Waals surface area contributed by atoms with Crippen LogP contribution in [0.1, 0.15) is 29.7 Å². The van der Waals surface area contributed by atoms with Gasteiger partial charge in [0.05, 0.1) is 13.2 Å². The third kappa shape index (κ3) is 2.46. The minimum Gasteiger partial charge on any atom is -0.496 e. The van der Waals surface area contributed by atoms with Crippen molar-refractivity contribution in [3.05, 3.63) is 27.8 Å². The van der Waals surface area contributed by atoms with Crippen LogP contribution in [0.5, 0.6) is 5.75 Å². The van der Waals surface area contributed by atoms with E-state index in [0.29, 0.717) is 18.5 Å². The number of rotatable bonds is 3. The number of halogens is 1. The lowest BCUT2D eigenvalue weighted by Gasteiger charge is -2.24. The van der Waals surface area contributed by atoms with Gasteiger partial charge < -0.3 is 10.5 Å². The molecule has 0 radical (unpaired) electrons. The summed E-state index contributed by atoms with van der Waals surface area (Å²) < 4.78 is 5.54. The highest BCUT2D eigenvalue weighted by atomic mass is 35.5. The second-order valence-corrected chi connectivity index (χ2v) is 5.58. The highest BCUT2D eigenvalue weighted by molar-refractivity contribution is 6.32. The van der Waals surface area contributed by atoms with Gasteiger partial charge in [-0.15, -0.1) is 0 Å². The molecule has 1 aromatic rings. The van der Waals surface area contributed by atoms with Crippen molar-refractivity contribution in [1.82, 2.24) is 10.9 Å². The second-order valence-electron chi connectivity index (χ2n) is 5.20. The summed E-state index contributed by atoms with van der Waals surface area (Å²) in [7, 11) is 1.69. The normalized spacial score (nSPS) is 26.7. The molecule has 1 fully saturated rings. The standard InChI is InChI=1S/C14H22ClN3O/c1-7-5-11(19-4)12(8(2)13(7)15)14-10(6-16)9(3)17-18-14/h5,9-10,14,17-18H,6,16H2,1-4H3. The van der Waals surface area contributed by atoms with E-state index in [-0.39, 0.29) is 6.04 Å². The molecule has 1 aliphatic heterocycles. The van der Waals surface area contributed by atoms with Crippen molar-refractivity contribution in [2.24, 2.45) is 11.7 Å². The first-order chi connectivity index (χ1) is 9.01. The van der Waals surface area contributed by atoms with Crippen LogP contribution in [0.2, 0.25) is 5.02 Å². The topological polar surface area (TPSA) is 59.3 Å². The fourth-order valence-electron chi connectivity index (χ4n) is 2.84. The molecule has 5 heteroatoms. The maximum absolute atomic E-state index is 6.38. The molecule has 1 aliphatic rings. The van der Waals surface area contributed by atoms with Crippen molar-refractivity contribution in [2.75, 3.05) is 13.7 Å². The molecule has 4 nitrogen and oxygen atoms in total. The lowest BCUT2D eigenvalue weighted by molar-refractivity contribution is 0.385. The molecule has 1 aromatic carbocycles. The maximum atomic E-state index is 6.38. The number of benzene rings is 1. The molecule has 0 spiro atoms. The van der Waals surface area contributed by atoms with Gasteiger partial charge in [-0.2, -0.15) is 0 Å². The van der Waals surface area contributed by atoms with Crippen LogP contribution in [0.3, 0.4) is 0 Å². The van der Waals surface area contributed by atoms with Crippen molar-refractivity contribution < 1.29 is 4.74 Å². The van der Waals surface area contributed by atoms with E-state index >= 15 is 0 Å². The molecule has 0 aliphatic carbocycles. The highest BCUT2D eigenvalue weighted by Crippen LogP contribution is 2.40. The number of aryl methyl sites for hydroxylation is 1. The zero-order chi connectivity index (χ0) is 14.2. The smallest absolute Gasteiger partial charge is 0.124 e. The average Bonchev–Trinajstić information content (AvgIpc) is 2.76. The van der Waals surface area contributed by atoms with E-state index in [1.165, 1.54) is 0 Å². The van der Waals surface area contributed by atoms with Gasteiger partial charge in [0.1, 0.15) is 5.75 Å². The van der Waals surface area contributed by atoms with E-state index in [4.69, 9.17) is 22.1 Å². The Bertz CT molecular complexity index is 478. The van der Waals surface area contributed by atoms with E-state index in [1.807, 2.05) is 19.9 Å². The number of hydrogen-bond acceptors (Lipinski definition) is 4.